The van der Waals surface area contributed by atoms with Crippen LogP contribution in [0.15, 0.2) is 152 Å². The van der Waals surface area contributed by atoms with Crippen molar-refractivity contribution < 1.29 is 0 Å². The molecule has 8 aromatic rings. The Labute approximate surface area is 255 Å². The molecule has 0 bridgehead atoms. The standard InChI is InChI=1S/C41H25N3/c1-2-9-27(10-3-1)38-25-39(28-19-17-26(18-20-28)29-23-24-42-37-16-7-6-13-32(29)37)44-41(43-38)36-22-21-35-31-12-5-4-11-30(31)33-14-8-15-34(36)40(33)35/h1-25H. The third-order valence-corrected chi connectivity index (χ3v) is 8.73. The van der Waals surface area contributed by atoms with Crippen molar-refractivity contribution in [1.29, 1.82) is 0 Å². The van der Waals surface area contributed by atoms with Crippen molar-refractivity contribution in [3.63, 3.8) is 0 Å². The Morgan fingerprint density at radius 1 is 0.364 bits per heavy atom. The predicted octanol–water partition coefficient (Wildman–Crippen LogP) is 10.5. The molecule has 1 aliphatic rings. The first kappa shape index (κ1) is 24.6. The SMILES string of the molecule is c1ccc(-c2cc(-c3ccc(-c4ccnc5ccccc45)cc3)nc(-c3ccc4c5c(cccc35)-c3ccccc3-4)n2)cc1. The lowest BCUT2D eigenvalue weighted by Crippen LogP contribution is -1.97. The number of aromatic nitrogens is 3. The Bertz CT molecular complexity index is 2340. The Balaban J connectivity index is 1.21. The van der Waals surface area contributed by atoms with Gasteiger partial charge in [0.1, 0.15) is 0 Å². The van der Waals surface area contributed by atoms with Crippen LogP contribution >= 0.6 is 0 Å². The average molecular weight is 560 g/mol. The molecule has 44 heavy (non-hydrogen) atoms. The molecule has 0 atom stereocenters. The van der Waals surface area contributed by atoms with Gasteiger partial charge in [0.2, 0.25) is 0 Å². The quantitative estimate of drug-likeness (QED) is 0.215. The van der Waals surface area contributed by atoms with Crippen molar-refractivity contribution in [3.05, 3.63) is 152 Å². The maximum Gasteiger partial charge on any atom is 0.161 e. The van der Waals surface area contributed by atoms with Gasteiger partial charge in [-0.3, -0.25) is 4.98 Å². The molecule has 1 aliphatic carbocycles. The highest BCUT2D eigenvalue weighted by atomic mass is 14.9. The Morgan fingerprint density at radius 3 is 1.75 bits per heavy atom. The van der Waals surface area contributed by atoms with Crippen molar-refractivity contribution in [2.24, 2.45) is 0 Å². The van der Waals surface area contributed by atoms with Gasteiger partial charge in [-0.05, 0) is 68.4 Å². The van der Waals surface area contributed by atoms with E-state index in [1.54, 1.807) is 0 Å². The lowest BCUT2D eigenvalue weighted by molar-refractivity contribution is 1.19. The fraction of sp³-hybridized carbons (Fsp3) is 0. The highest BCUT2D eigenvalue weighted by Crippen LogP contribution is 2.49. The summed E-state index contributed by atoms with van der Waals surface area (Å²) in [5.41, 5.74) is 13.4. The summed E-state index contributed by atoms with van der Waals surface area (Å²) in [4.78, 5) is 14.9. The monoisotopic (exact) mass is 559 g/mol. The first-order valence-corrected chi connectivity index (χ1v) is 14.9. The normalized spacial score (nSPS) is 11.6. The van der Waals surface area contributed by atoms with Gasteiger partial charge in [0.15, 0.2) is 5.82 Å². The molecular weight excluding hydrogens is 534 g/mol. The van der Waals surface area contributed by atoms with Gasteiger partial charge in [-0.1, -0.05) is 121 Å². The van der Waals surface area contributed by atoms with E-state index in [4.69, 9.17) is 9.97 Å². The first-order valence-electron chi connectivity index (χ1n) is 14.9. The lowest BCUT2D eigenvalue weighted by atomic mass is 9.97. The van der Waals surface area contributed by atoms with Gasteiger partial charge in [0, 0.05) is 28.3 Å². The Morgan fingerprint density at radius 2 is 0.955 bits per heavy atom. The second-order valence-electron chi connectivity index (χ2n) is 11.2. The molecule has 3 nitrogen and oxygen atoms in total. The molecule has 2 aromatic heterocycles. The largest absolute Gasteiger partial charge is 0.256 e. The molecule has 204 valence electrons. The van der Waals surface area contributed by atoms with E-state index in [1.165, 1.54) is 38.6 Å². The van der Waals surface area contributed by atoms with Crippen LogP contribution < -0.4 is 0 Å². The number of nitrogens with zero attached hydrogens (tertiary/aromatic N) is 3. The van der Waals surface area contributed by atoms with Gasteiger partial charge in [0.05, 0.1) is 16.9 Å². The number of fused-ring (bicyclic) bond motifs is 4. The maximum absolute atomic E-state index is 5.21. The molecule has 0 spiro atoms. The van der Waals surface area contributed by atoms with E-state index in [-0.39, 0.29) is 0 Å². The minimum absolute atomic E-state index is 0.727. The summed E-state index contributed by atoms with van der Waals surface area (Å²) < 4.78 is 0. The molecule has 0 N–H and O–H groups in total. The van der Waals surface area contributed by atoms with Gasteiger partial charge in [-0.2, -0.15) is 0 Å². The molecule has 9 rings (SSSR count). The molecule has 0 aliphatic heterocycles. The summed E-state index contributed by atoms with van der Waals surface area (Å²) in [6, 6.07) is 51.2. The molecule has 0 unspecified atom stereocenters. The summed E-state index contributed by atoms with van der Waals surface area (Å²) in [5.74, 6) is 0.727. The van der Waals surface area contributed by atoms with E-state index < -0.39 is 0 Å². The van der Waals surface area contributed by atoms with Crippen molar-refractivity contribution >= 4 is 21.7 Å². The van der Waals surface area contributed by atoms with Gasteiger partial charge >= 0.3 is 0 Å². The van der Waals surface area contributed by atoms with E-state index >= 15 is 0 Å². The minimum atomic E-state index is 0.727. The van der Waals surface area contributed by atoms with Crippen LogP contribution in [0.1, 0.15) is 0 Å². The summed E-state index contributed by atoms with van der Waals surface area (Å²) in [6.07, 6.45) is 1.88. The zero-order chi connectivity index (χ0) is 29.0. The van der Waals surface area contributed by atoms with E-state index in [0.717, 1.165) is 50.4 Å². The third-order valence-electron chi connectivity index (χ3n) is 8.73. The summed E-state index contributed by atoms with van der Waals surface area (Å²) in [5, 5.41) is 3.59. The van der Waals surface area contributed by atoms with Crippen LogP contribution in [0, 0.1) is 0 Å². The molecule has 0 saturated carbocycles. The van der Waals surface area contributed by atoms with Crippen LogP contribution in [0.4, 0.5) is 0 Å². The van der Waals surface area contributed by atoms with Crippen molar-refractivity contribution in [3.8, 4) is 67.3 Å². The molecular formula is C41H25N3. The first-order chi connectivity index (χ1) is 21.8. The van der Waals surface area contributed by atoms with Crippen molar-refractivity contribution in [2.75, 3.05) is 0 Å². The van der Waals surface area contributed by atoms with Crippen molar-refractivity contribution in [1.82, 2.24) is 15.0 Å². The fourth-order valence-electron chi connectivity index (χ4n) is 6.64. The van der Waals surface area contributed by atoms with E-state index in [9.17, 15) is 0 Å². The maximum atomic E-state index is 5.21. The Kier molecular flexibility index (Phi) is 5.50. The molecule has 0 saturated heterocycles. The molecule has 2 heterocycles. The predicted molar refractivity (Wildman–Crippen MR) is 181 cm³/mol. The highest BCUT2D eigenvalue weighted by molar-refractivity contribution is 6.18. The number of hydrogen-bond acceptors (Lipinski definition) is 3. The fourth-order valence-corrected chi connectivity index (χ4v) is 6.64. The third kappa shape index (κ3) is 3.87. The topological polar surface area (TPSA) is 38.7 Å². The van der Waals surface area contributed by atoms with E-state index in [2.05, 4.69) is 138 Å². The zero-order valence-corrected chi connectivity index (χ0v) is 23.8. The number of rotatable bonds is 4. The molecule has 6 aromatic carbocycles. The average Bonchev–Trinajstić information content (AvgIpc) is 3.43. The van der Waals surface area contributed by atoms with Crippen LogP contribution in [0.25, 0.3) is 89.0 Å². The number of hydrogen-bond donors (Lipinski definition) is 0. The molecule has 0 amide bonds. The van der Waals surface area contributed by atoms with E-state index in [1.807, 2.05) is 18.3 Å². The number of pyridine rings is 1. The summed E-state index contributed by atoms with van der Waals surface area (Å²) in [7, 11) is 0. The van der Waals surface area contributed by atoms with E-state index in [0.29, 0.717) is 0 Å². The van der Waals surface area contributed by atoms with Crippen LogP contribution in [-0.2, 0) is 0 Å². The van der Waals surface area contributed by atoms with Crippen molar-refractivity contribution in [2.45, 2.75) is 0 Å². The highest BCUT2D eigenvalue weighted by Gasteiger charge is 2.23. The molecule has 3 heteroatoms. The molecule has 0 fully saturated rings. The van der Waals surface area contributed by atoms with Crippen LogP contribution in [0.3, 0.4) is 0 Å². The van der Waals surface area contributed by atoms with Gasteiger partial charge < -0.3 is 0 Å². The lowest BCUT2D eigenvalue weighted by Gasteiger charge is -2.13. The van der Waals surface area contributed by atoms with Gasteiger partial charge in [0.25, 0.3) is 0 Å². The summed E-state index contributed by atoms with van der Waals surface area (Å²) in [6.45, 7) is 0. The number of para-hydroxylation sites is 1. The Hall–Kier alpha value is -5.93. The smallest absolute Gasteiger partial charge is 0.161 e. The van der Waals surface area contributed by atoms with Crippen LogP contribution in [0.2, 0.25) is 0 Å². The second kappa shape index (κ2) is 9.82. The zero-order valence-electron chi connectivity index (χ0n) is 23.8. The summed E-state index contributed by atoms with van der Waals surface area (Å²) >= 11 is 0. The second-order valence-corrected chi connectivity index (χ2v) is 11.2. The van der Waals surface area contributed by atoms with Crippen LogP contribution in [0.5, 0.6) is 0 Å². The van der Waals surface area contributed by atoms with Crippen LogP contribution in [-0.4, -0.2) is 15.0 Å². The number of benzene rings is 6. The molecule has 0 radical (unpaired) electrons. The van der Waals surface area contributed by atoms with Gasteiger partial charge in [-0.25, -0.2) is 9.97 Å². The van der Waals surface area contributed by atoms with Gasteiger partial charge in [-0.15, -0.1) is 0 Å². The minimum Gasteiger partial charge on any atom is -0.256 e.